The number of hydrogen-bond donors (Lipinski definition) is 1. The van der Waals surface area contributed by atoms with Gasteiger partial charge in [-0.3, -0.25) is 9.69 Å². The van der Waals surface area contributed by atoms with E-state index in [0.717, 1.165) is 43.1 Å². The number of carbonyl (C=O) groups excluding carboxylic acids is 2. The number of esters is 1. The van der Waals surface area contributed by atoms with E-state index >= 15 is 0 Å². The molecule has 1 saturated heterocycles. The first-order valence-electron chi connectivity index (χ1n) is 14.3. The van der Waals surface area contributed by atoms with E-state index < -0.39 is 0 Å². The first kappa shape index (κ1) is 25.2. The van der Waals surface area contributed by atoms with E-state index in [2.05, 4.69) is 22.3 Å². The number of rotatable bonds is 9. The van der Waals surface area contributed by atoms with Gasteiger partial charge in [-0.1, -0.05) is 18.2 Å². The van der Waals surface area contributed by atoms with Crippen molar-refractivity contribution in [1.82, 2.24) is 4.90 Å². The molecule has 0 radical (unpaired) electrons. The molecular weight excluding hydrogens is 476 g/mol. The fourth-order valence-corrected chi connectivity index (χ4v) is 7.79. The maximum Gasteiger partial charge on any atom is 0.338 e. The SMILES string of the molecule is O=C(C=COc1ccc(C23CC4CC(CC(C4)C2)C3)cc1)Nc1cccc(C(=O)OCCN2CCCC2)c1. The van der Waals surface area contributed by atoms with Gasteiger partial charge in [-0.25, -0.2) is 4.79 Å². The van der Waals surface area contributed by atoms with E-state index in [1.165, 1.54) is 69.3 Å². The largest absolute Gasteiger partial charge is 0.465 e. The summed E-state index contributed by atoms with van der Waals surface area (Å²) in [5, 5.41) is 2.79. The van der Waals surface area contributed by atoms with Gasteiger partial charge < -0.3 is 14.8 Å². The van der Waals surface area contributed by atoms with Crippen molar-refractivity contribution in [3.05, 3.63) is 72.0 Å². The standard InChI is InChI=1S/C32H38N2O4/c35-30(33-28-5-3-4-26(19-28)31(36)38-15-13-34-11-1-2-12-34)10-14-37-29-8-6-27(7-9-29)32-20-23-16-24(21-32)18-25(17-23)22-32/h3-10,14,19,23-25H,1-2,11-13,15-18,20-22H2,(H,33,35). The predicted molar refractivity (Wildman–Crippen MR) is 147 cm³/mol. The summed E-state index contributed by atoms with van der Waals surface area (Å²) in [5.74, 6) is 2.78. The Morgan fingerprint density at radius 2 is 1.63 bits per heavy atom. The van der Waals surface area contributed by atoms with E-state index in [0.29, 0.717) is 23.3 Å². The second kappa shape index (κ2) is 10.9. The molecule has 1 aliphatic heterocycles. The Bertz CT molecular complexity index is 1150. The maximum absolute atomic E-state index is 12.4. The van der Waals surface area contributed by atoms with Gasteiger partial charge in [0.1, 0.15) is 12.4 Å². The van der Waals surface area contributed by atoms with E-state index in [1.54, 1.807) is 24.3 Å². The summed E-state index contributed by atoms with van der Waals surface area (Å²) in [6.45, 7) is 3.28. The number of likely N-dealkylation sites (tertiary alicyclic amines) is 1. The van der Waals surface area contributed by atoms with Crippen molar-refractivity contribution < 1.29 is 19.1 Å². The lowest BCUT2D eigenvalue weighted by Gasteiger charge is -2.57. The molecule has 2 aromatic carbocycles. The molecule has 1 N–H and O–H groups in total. The molecule has 4 saturated carbocycles. The minimum Gasteiger partial charge on any atom is -0.465 e. The molecule has 6 nitrogen and oxygen atoms in total. The van der Waals surface area contributed by atoms with Crippen LogP contribution in [0.3, 0.4) is 0 Å². The Kier molecular flexibility index (Phi) is 7.24. The molecule has 2 aromatic rings. The van der Waals surface area contributed by atoms with Gasteiger partial charge in [-0.2, -0.15) is 0 Å². The van der Waals surface area contributed by atoms with E-state index in [-0.39, 0.29) is 11.9 Å². The van der Waals surface area contributed by atoms with Crippen molar-refractivity contribution in [2.75, 3.05) is 31.6 Å². The van der Waals surface area contributed by atoms with Crippen LogP contribution in [0, 0.1) is 17.8 Å². The Labute approximate surface area is 225 Å². The van der Waals surface area contributed by atoms with Crippen molar-refractivity contribution in [3.63, 3.8) is 0 Å². The fraction of sp³-hybridized carbons (Fsp3) is 0.500. The fourth-order valence-electron chi connectivity index (χ4n) is 7.79. The van der Waals surface area contributed by atoms with Crippen molar-refractivity contribution in [3.8, 4) is 5.75 Å². The Morgan fingerprint density at radius 1 is 0.947 bits per heavy atom. The summed E-state index contributed by atoms with van der Waals surface area (Å²) >= 11 is 0. The minimum atomic E-state index is -0.379. The summed E-state index contributed by atoms with van der Waals surface area (Å²) in [5.41, 5.74) is 2.79. The van der Waals surface area contributed by atoms with Crippen LogP contribution in [0.25, 0.3) is 0 Å². The summed E-state index contributed by atoms with van der Waals surface area (Å²) in [6.07, 6.45) is 13.6. The summed E-state index contributed by atoms with van der Waals surface area (Å²) in [6, 6.07) is 15.3. The van der Waals surface area contributed by atoms with Crippen LogP contribution in [0.1, 0.15) is 67.3 Å². The van der Waals surface area contributed by atoms with Crippen molar-refractivity contribution in [2.45, 2.75) is 56.8 Å². The second-order valence-corrected chi connectivity index (χ2v) is 11.9. The van der Waals surface area contributed by atoms with Gasteiger partial charge in [0.2, 0.25) is 0 Å². The molecular formula is C32H38N2O4. The molecule has 5 aliphatic rings. The molecule has 0 spiro atoms. The molecule has 5 fully saturated rings. The quantitative estimate of drug-likeness (QED) is 0.255. The van der Waals surface area contributed by atoms with Crippen LogP contribution in [-0.4, -0.2) is 43.0 Å². The molecule has 4 aliphatic carbocycles. The molecule has 1 amide bonds. The molecule has 6 heteroatoms. The molecule has 4 bridgehead atoms. The second-order valence-electron chi connectivity index (χ2n) is 11.9. The Hall–Kier alpha value is -3.12. The predicted octanol–water partition coefficient (Wildman–Crippen LogP) is 5.94. The number of nitrogens with zero attached hydrogens (tertiary/aromatic N) is 1. The minimum absolute atomic E-state index is 0.324. The van der Waals surface area contributed by atoms with Gasteiger partial charge in [0.05, 0.1) is 11.8 Å². The third-order valence-corrected chi connectivity index (χ3v) is 9.13. The zero-order chi connectivity index (χ0) is 26.0. The normalized spacial score (nSPS) is 28.1. The van der Waals surface area contributed by atoms with Gasteiger partial charge in [0.15, 0.2) is 0 Å². The van der Waals surface area contributed by atoms with Crippen molar-refractivity contribution in [1.29, 1.82) is 0 Å². The molecule has 0 aromatic heterocycles. The van der Waals surface area contributed by atoms with Crippen molar-refractivity contribution >= 4 is 17.6 Å². The highest BCUT2D eigenvalue weighted by molar-refractivity contribution is 6.00. The van der Waals surface area contributed by atoms with Gasteiger partial charge in [0.25, 0.3) is 5.91 Å². The van der Waals surface area contributed by atoms with Crippen LogP contribution < -0.4 is 10.1 Å². The summed E-state index contributed by atoms with van der Waals surface area (Å²) in [4.78, 5) is 27.1. The lowest BCUT2D eigenvalue weighted by Crippen LogP contribution is -2.48. The highest BCUT2D eigenvalue weighted by Gasteiger charge is 2.51. The van der Waals surface area contributed by atoms with Crippen molar-refractivity contribution in [2.24, 2.45) is 17.8 Å². The molecule has 1 heterocycles. The van der Waals surface area contributed by atoms with Crippen LogP contribution in [-0.2, 0) is 14.9 Å². The molecule has 200 valence electrons. The van der Waals surface area contributed by atoms with Gasteiger partial charge in [0, 0.05) is 18.3 Å². The topological polar surface area (TPSA) is 67.9 Å². The van der Waals surface area contributed by atoms with E-state index in [1.807, 2.05) is 12.1 Å². The van der Waals surface area contributed by atoms with Gasteiger partial charge in [-0.05, 0) is 124 Å². The Balaban J connectivity index is 0.983. The number of hydrogen-bond acceptors (Lipinski definition) is 5. The van der Waals surface area contributed by atoms with E-state index in [9.17, 15) is 9.59 Å². The molecule has 38 heavy (non-hydrogen) atoms. The Morgan fingerprint density at radius 3 is 2.32 bits per heavy atom. The van der Waals surface area contributed by atoms with Crippen LogP contribution >= 0.6 is 0 Å². The van der Waals surface area contributed by atoms with E-state index in [4.69, 9.17) is 9.47 Å². The highest BCUT2D eigenvalue weighted by atomic mass is 16.5. The van der Waals surface area contributed by atoms with Gasteiger partial charge >= 0.3 is 5.97 Å². The molecule has 0 unspecified atom stereocenters. The monoisotopic (exact) mass is 514 g/mol. The number of benzene rings is 2. The number of nitrogens with one attached hydrogen (secondary N) is 1. The number of ether oxygens (including phenoxy) is 2. The summed E-state index contributed by atoms with van der Waals surface area (Å²) < 4.78 is 11.1. The van der Waals surface area contributed by atoms with Crippen LogP contribution in [0.2, 0.25) is 0 Å². The lowest BCUT2D eigenvalue weighted by molar-refractivity contribution is -0.112. The number of carbonyl (C=O) groups is 2. The number of anilines is 1. The highest BCUT2D eigenvalue weighted by Crippen LogP contribution is 2.60. The average molecular weight is 515 g/mol. The zero-order valence-corrected chi connectivity index (χ0v) is 22.1. The maximum atomic E-state index is 12.4. The first-order valence-corrected chi connectivity index (χ1v) is 14.3. The average Bonchev–Trinajstić information content (AvgIpc) is 3.42. The third-order valence-electron chi connectivity index (χ3n) is 9.13. The smallest absolute Gasteiger partial charge is 0.338 e. The van der Waals surface area contributed by atoms with Crippen LogP contribution in [0.15, 0.2) is 60.9 Å². The zero-order valence-electron chi connectivity index (χ0n) is 22.1. The molecule has 0 atom stereocenters. The third kappa shape index (κ3) is 5.65. The lowest BCUT2D eigenvalue weighted by atomic mass is 9.48. The van der Waals surface area contributed by atoms with Crippen LogP contribution in [0.5, 0.6) is 5.75 Å². The van der Waals surface area contributed by atoms with Gasteiger partial charge in [-0.15, -0.1) is 0 Å². The number of amides is 1. The van der Waals surface area contributed by atoms with Crippen LogP contribution in [0.4, 0.5) is 5.69 Å². The molecule has 7 rings (SSSR count). The first-order chi connectivity index (χ1) is 18.5. The summed E-state index contributed by atoms with van der Waals surface area (Å²) in [7, 11) is 0.